The minimum absolute atomic E-state index is 0.154. The summed E-state index contributed by atoms with van der Waals surface area (Å²) in [6.07, 6.45) is 2.17. The fourth-order valence-electron chi connectivity index (χ4n) is 2.77. The fraction of sp³-hybridized carbons (Fsp3) is 0.261. The van der Waals surface area contributed by atoms with Crippen molar-refractivity contribution in [3.8, 4) is 0 Å². The topological polar surface area (TPSA) is 78.8 Å². The maximum Gasteiger partial charge on any atom is 0.416 e. The van der Waals surface area contributed by atoms with Gasteiger partial charge in [0, 0.05) is 23.1 Å². The molecule has 5 nitrogen and oxygen atoms in total. The number of carbonyl (C=O) groups is 2. The minimum atomic E-state index is -4.47. The van der Waals surface area contributed by atoms with Crippen LogP contribution in [0.25, 0.3) is 11.6 Å². The number of rotatable bonds is 9. The lowest BCUT2D eigenvalue weighted by Crippen LogP contribution is -2.17. The highest BCUT2D eigenvalue weighted by Gasteiger charge is 2.30. The zero-order chi connectivity index (χ0) is 23.6. The average molecular weight is 465 g/mol. The Morgan fingerprint density at radius 3 is 2.28 bits per heavy atom. The van der Waals surface area contributed by atoms with Crippen LogP contribution in [-0.2, 0) is 15.8 Å². The molecule has 0 spiro atoms. The summed E-state index contributed by atoms with van der Waals surface area (Å²) in [5.41, 5.74) is 1.97. The highest BCUT2D eigenvalue weighted by molar-refractivity contribution is 7.98. The van der Waals surface area contributed by atoms with E-state index in [1.165, 1.54) is 18.3 Å². The van der Waals surface area contributed by atoms with E-state index < -0.39 is 23.6 Å². The second kappa shape index (κ2) is 12.2. The zero-order valence-electron chi connectivity index (χ0n) is 17.4. The van der Waals surface area contributed by atoms with Crippen LogP contribution in [0.4, 0.5) is 13.2 Å². The second-order valence-corrected chi connectivity index (χ2v) is 7.68. The predicted octanol–water partition coefficient (Wildman–Crippen LogP) is 5.63. The van der Waals surface area contributed by atoms with Crippen molar-refractivity contribution in [2.75, 3.05) is 6.26 Å². The van der Waals surface area contributed by atoms with E-state index in [1.54, 1.807) is 23.3 Å². The number of thioether (sulfide) groups is 1. The van der Waals surface area contributed by atoms with Gasteiger partial charge in [-0.2, -0.15) is 13.2 Å². The van der Waals surface area contributed by atoms with E-state index in [0.717, 1.165) is 22.6 Å². The second-order valence-electron chi connectivity index (χ2n) is 6.80. The first-order valence-electron chi connectivity index (χ1n) is 9.77. The summed E-state index contributed by atoms with van der Waals surface area (Å²) in [6.45, 7) is 0. The van der Waals surface area contributed by atoms with Crippen LogP contribution in [0.2, 0.25) is 0 Å². The molecule has 32 heavy (non-hydrogen) atoms. The molecule has 2 amide bonds. The molecule has 0 aliphatic carbocycles. The standard InChI is InChI=1S/C23H23F3N2O3S/c1-32-19-12-6-16(7-13-19)15-20(17-8-10-18(11-9-17)23(24,25)26)22(30)27-14-4-2-3-5-21(29)28-31/h6-15,31H,2-5H2,1H3,(H,28,29)/b20-15-,27-14?. The largest absolute Gasteiger partial charge is 0.416 e. The summed E-state index contributed by atoms with van der Waals surface area (Å²) in [4.78, 5) is 28.7. The first-order valence-corrected chi connectivity index (χ1v) is 11.0. The molecule has 0 aliphatic rings. The van der Waals surface area contributed by atoms with Crippen LogP contribution in [0.3, 0.4) is 0 Å². The van der Waals surface area contributed by atoms with E-state index in [9.17, 15) is 22.8 Å². The summed E-state index contributed by atoms with van der Waals surface area (Å²) in [6, 6.07) is 11.8. The van der Waals surface area contributed by atoms with Gasteiger partial charge in [-0.25, -0.2) is 10.5 Å². The maximum atomic E-state index is 12.9. The van der Waals surface area contributed by atoms with E-state index in [4.69, 9.17) is 5.21 Å². The Balaban J connectivity index is 2.21. The number of hydrogen-bond donors (Lipinski definition) is 2. The van der Waals surface area contributed by atoms with Gasteiger partial charge in [0.1, 0.15) is 0 Å². The number of carbonyl (C=O) groups excluding carboxylic acids is 2. The smallest absolute Gasteiger partial charge is 0.289 e. The summed E-state index contributed by atoms with van der Waals surface area (Å²) in [7, 11) is 0. The van der Waals surface area contributed by atoms with E-state index in [0.29, 0.717) is 24.8 Å². The summed E-state index contributed by atoms with van der Waals surface area (Å²) >= 11 is 1.57. The van der Waals surface area contributed by atoms with Crippen molar-refractivity contribution in [1.82, 2.24) is 5.48 Å². The Bertz CT molecular complexity index is 969. The summed E-state index contributed by atoms with van der Waals surface area (Å²) < 4.78 is 38.7. The van der Waals surface area contributed by atoms with E-state index in [-0.39, 0.29) is 12.0 Å². The number of nitrogens with one attached hydrogen (secondary N) is 1. The molecular formula is C23H23F3N2O3S. The lowest BCUT2D eigenvalue weighted by molar-refractivity contribution is -0.137. The highest BCUT2D eigenvalue weighted by Crippen LogP contribution is 2.31. The number of alkyl halides is 3. The molecule has 2 N–H and O–H groups in total. The molecule has 2 aromatic carbocycles. The van der Waals surface area contributed by atoms with Gasteiger partial charge in [0.25, 0.3) is 5.91 Å². The third-order valence-electron chi connectivity index (χ3n) is 4.50. The number of amides is 2. The number of hydrogen-bond acceptors (Lipinski definition) is 4. The number of hydroxylamine groups is 1. The first-order chi connectivity index (χ1) is 15.2. The molecular weight excluding hydrogens is 441 g/mol. The molecule has 0 saturated carbocycles. The molecule has 2 rings (SSSR count). The van der Waals surface area contributed by atoms with Gasteiger partial charge in [-0.15, -0.1) is 11.8 Å². The Hall–Kier alpha value is -2.91. The molecule has 170 valence electrons. The van der Waals surface area contributed by atoms with Gasteiger partial charge in [-0.05, 0) is 67.0 Å². The molecule has 0 fully saturated rings. The Morgan fingerprint density at radius 2 is 1.72 bits per heavy atom. The lowest BCUT2D eigenvalue weighted by atomic mass is 10.0. The third-order valence-corrected chi connectivity index (χ3v) is 5.24. The molecule has 0 radical (unpaired) electrons. The molecule has 0 aromatic heterocycles. The van der Waals surface area contributed by atoms with Crippen LogP contribution < -0.4 is 5.48 Å². The molecule has 0 heterocycles. The third kappa shape index (κ3) is 7.97. The summed E-state index contributed by atoms with van der Waals surface area (Å²) in [5.74, 6) is -1.06. The van der Waals surface area contributed by atoms with Crippen molar-refractivity contribution in [2.45, 2.75) is 36.8 Å². The molecule has 0 bridgehead atoms. The first kappa shape index (κ1) is 25.4. The number of unbranched alkanes of at least 4 members (excludes halogenated alkanes) is 2. The molecule has 0 aliphatic heterocycles. The number of aliphatic imine (C=N–C) groups is 1. The van der Waals surface area contributed by atoms with Crippen LogP contribution >= 0.6 is 11.8 Å². The Labute approximate surface area is 188 Å². The van der Waals surface area contributed by atoms with E-state index in [2.05, 4.69) is 4.99 Å². The molecule has 0 unspecified atom stereocenters. The van der Waals surface area contributed by atoms with Crippen molar-refractivity contribution in [1.29, 1.82) is 0 Å². The number of nitrogens with zero attached hydrogens (tertiary/aromatic N) is 1. The number of benzene rings is 2. The van der Waals surface area contributed by atoms with E-state index in [1.807, 2.05) is 30.5 Å². The highest BCUT2D eigenvalue weighted by atomic mass is 32.2. The monoisotopic (exact) mass is 464 g/mol. The average Bonchev–Trinajstić information content (AvgIpc) is 2.79. The predicted molar refractivity (Wildman–Crippen MR) is 119 cm³/mol. The van der Waals surface area contributed by atoms with Crippen LogP contribution in [0.15, 0.2) is 58.4 Å². The van der Waals surface area contributed by atoms with Crippen LogP contribution in [0.1, 0.15) is 42.4 Å². The molecule has 9 heteroatoms. The van der Waals surface area contributed by atoms with Gasteiger partial charge in [-0.1, -0.05) is 24.3 Å². The van der Waals surface area contributed by atoms with Gasteiger partial charge >= 0.3 is 6.18 Å². The minimum Gasteiger partial charge on any atom is -0.289 e. The number of halogens is 3. The van der Waals surface area contributed by atoms with Crippen molar-refractivity contribution >= 4 is 41.4 Å². The fourth-order valence-corrected chi connectivity index (χ4v) is 3.18. The van der Waals surface area contributed by atoms with Crippen molar-refractivity contribution < 1.29 is 28.0 Å². The molecule has 0 atom stereocenters. The Kier molecular flexibility index (Phi) is 9.67. The maximum absolute atomic E-state index is 12.9. The van der Waals surface area contributed by atoms with Crippen molar-refractivity contribution in [3.63, 3.8) is 0 Å². The van der Waals surface area contributed by atoms with Gasteiger partial charge in [-0.3, -0.25) is 14.8 Å². The van der Waals surface area contributed by atoms with Crippen LogP contribution in [-0.4, -0.2) is 29.5 Å². The normalized spacial score (nSPS) is 12.2. The van der Waals surface area contributed by atoms with Crippen molar-refractivity contribution in [2.24, 2.45) is 4.99 Å². The quantitative estimate of drug-likeness (QED) is 0.0959. The van der Waals surface area contributed by atoms with E-state index >= 15 is 0 Å². The summed E-state index contributed by atoms with van der Waals surface area (Å²) in [5, 5.41) is 8.45. The molecule has 0 saturated heterocycles. The zero-order valence-corrected chi connectivity index (χ0v) is 18.2. The molecule has 2 aromatic rings. The van der Waals surface area contributed by atoms with Crippen LogP contribution in [0, 0.1) is 0 Å². The Morgan fingerprint density at radius 1 is 1.06 bits per heavy atom. The van der Waals surface area contributed by atoms with Crippen LogP contribution in [0.5, 0.6) is 0 Å². The van der Waals surface area contributed by atoms with Gasteiger partial charge in [0.15, 0.2) is 0 Å². The SMILES string of the molecule is CSc1ccc(/C=C(\C(=O)N=CCCCCC(=O)NO)c2ccc(C(F)(F)F)cc2)cc1. The van der Waals surface area contributed by atoms with Gasteiger partial charge < -0.3 is 0 Å². The van der Waals surface area contributed by atoms with Gasteiger partial charge in [0.2, 0.25) is 5.91 Å². The van der Waals surface area contributed by atoms with Crippen molar-refractivity contribution in [3.05, 3.63) is 65.2 Å². The lowest BCUT2D eigenvalue weighted by Gasteiger charge is -2.09. The van der Waals surface area contributed by atoms with Gasteiger partial charge in [0.05, 0.1) is 5.56 Å².